The lowest BCUT2D eigenvalue weighted by atomic mass is 9.98. The van der Waals surface area contributed by atoms with Crippen molar-refractivity contribution < 1.29 is 25.5 Å². The minimum Gasteiger partial charge on any atom is -0.496 e. The molecule has 0 aliphatic heterocycles. The molecule has 0 amide bonds. The van der Waals surface area contributed by atoms with Gasteiger partial charge in [0.05, 0.1) is 31.6 Å². The van der Waals surface area contributed by atoms with Crippen LogP contribution in [0.1, 0.15) is 42.7 Å². The summed E-state index contributed by atoms with van der Waals surface area (Å²) in [5, 5.41) is 19.7. The maximum atomic E-state index is 14.5. The van der Waals surface area contributed by atoms with E-state index in [1.54, 1.807) is 26.0 Å². The summed E-state index contributed by atoms with van der Waals surface area (Å²) in [6.07, 6.45) is 1.20. The van der Waals surface area contributed by atoms with Crippen LogP contribution in [0.3, 0.4) is 0 Å². The maximum absolute atomic E-state index is 14.5. The SMILES string of the molecule is [2H]C(O)[C@H](C(C)C)n1cc(C(=O)O)c(=O)c2cc(Cc3cccc(Cl)c3F)c(OC)cc21. The van der Waals surface area contributed by atoms with Crippen molar-refractivity contribution in [2.75, 3.05) is 13.7 Å². The lowest BCUT2D eigenvalue weighted by molar-refractivity contribution is 0.0694. The number of aromatic carboxylic acids is 1. The third-order valence-electron chi connectivity index (χ3n) is 5.23. The second kappa shape index (κ2) is 9.08. The van der Waals surface area contributed by atoms with Gasteiger partial charge < -0.3 is 19.5 Å². The van der Waals surface area contributed by atoms with E-state index < -0.39 is 35.4 Å². The first-order chi connectivity index (χ1) is 15.1. The molecule has 1 aromatic heterocycles. The van der Waals surface area contributed by atoms with E-state index in [1.165, 1.54) is 29.9 Å². The van der Waals surface area contributed by atoms with E-state index in [4.69, 9.17) is 17.7 Å². The van der Waals surface area contributed by atoms with Gasteiger partial charge in [-0.15, -0.1) is 0 Å². The first-order valence-corrected chi connectivity index (χ1v) is 9.96. The molecule has 0 bridgehead atoms. The maximum Gasteiger partial charge on any atom is 0.341 e. The smallest absolute Gasteiger partial charge is 0.341 e. The number of hydrogen-bond donors (Lipinski definition) is 2. The second-order valence-corrected chi connectivity index (χ2v) is 7.95. The Balaban J connectivity index is 2.34. The van der Waals surface area contributed by atoms with Gasteiger partial charge in [-0.1, -0.05) is 37.6 Å². The number of benzene rings is 2. The number of rotatable bonds is 7. The van der Waals surface area contributed by atoms with E-state index in [9.17, 15) is 24.2 Å². The Labute approximate surface area is 184 Å². The standard InChI is InChI=1S/C23H23ClFNO5/c1-12(2)19(11-27)26-10-16(23(29)30)22(28)15-8-14(20(31-3)9-18(15)26)7-13-5-4-6-17(24)21(13)25/h4-6,8-10,12,19,27H,7,11H2,1-3H3,(H,29,30)/t19-/m1/s1/i11D/t11?,19-. The summed E-state index contributed by atoms with van der Waals surface area (Å²) >= 11 is 5.88. The number of hydrogen-bond acceptors (Lipinski definition) is 4. The highest BCUT2D eigenvalue weighted by atomic mass is 35.5. The zero-order chi connectivity index (χ0) is 23.7. The summed E-state index contributed by atoms with van der Waals surface area (Å²) in [4.78, 5) is 24.7. The van der Waals surface area contributed by atoms with Crippen molar-refractivity contribution in [1.29, 1.82) is 0 Å². The number of ether oxygens (including phenoxy) is 1. The summed E-state index contributed by atoms with van der Waals surface area (Å²) in [5.74, 6) is -1.92. The van der Waals surface area contributed by atoms with Gasteiger partial charge in [0, 0.05) is 24.1 Å². The van der Waals surface area contributed by atoms with Gasteiger partial charge in [-0.05, 0) is 29.2 Å². The van der Waals surface area contributed by atoms with Gasteiger partial charge in [-0.2, -0.15) is 0 Å². The van der Waals surface area contributed by atoms with Gasteiger partial charge in [0.1, 0.15) is 17.1 Å². The van der Waals surface area contributed by atoms with Crippen LogP contribution in [-0.4, -0.2) is 34.4 Å². The third-order valence-corrected chi connectivity index (χ3v) is 5.53. The zero-order valence-corrected chi connectivity index (χ0v) is 18.0. The number of aliphatic hydroxyl groups excluding tert-OH is 1. The van der Waals surface area contributed by atoms with Crippen molar-refractivity contribution in [3.8, 4) is 5.75 Å². The number of halogens is 2. The van der Waals surface area contributed by atoms with Gasteiger partial charge in [0.2, 0.25) is 5.43 Å². The molecular formula is C23H23ClFNO5. The molecule has 1 heterocycles. The van der Waals surface area contributed by atoms with Crippen molar-refractivity contribution >= 4 is 28.5 Å². The summed E-state index contributed by atoms with van der Waals surface area (Å²) < 4.78 is 29.2. The fourth-order valence-corrected chi connectivity index (χ4v) is 3.80. The van der Waals surface area contributed by atoms with Crippen LogP contribution in [0.2, 0.25) is 5.02 Å². The monoisotopic (exact) mass is 448 g/mol. The Morgan fingerprint density at radius 1 is 1.32 bits per heavy atom. The van der Waals surface area contributed by atoms with Gasteiger partial charge in [-0.3, -0.25) is 4.79 Å². The van der Waals surface area contributed by atoms with Crippen LogP contribution < -0.4 is 10.2 Å². The van der Waals surface area contributed by atoms with Crippen molar-refractivity contribution in [2.45, 2.75) is 26.3 Å². The topological polar surface area (TPSA) is 88.8 Å². The highest BCUT2D eigenvalue weighted by Gasteiger charge is 2.23. The molecule has 0 spiro atoms. The number of pyridine rings is 1. The normalized spacial score (nSPS) is 13.8. The molecular weight excluding hydrogens is 425 g/mol. The highest BCUT2D eigenvalue weighted by Crippen LogP contribution is 2.31. The number of aliphatic hydroxyl groups is 1. The van der Waals surface area contributed by atoms with E-state index in [1.807, 2.05) is 0 Å². The number of carboxylic acid groups (broad SMARTS) is 1. The molecule has 3 rings (SSSR count). The zero-order valence-electron chi connectivity index (χ0n) is 18.2. The van der Waals surface area contributed by atoms with Crippen molar-refractivity contribution in [2.24, 2.45) is 5.92 Å². The van der Waals surface area contributed by atoms with Gasteiger partial charge in [-0.25, -0.2) is 9.18 Å². The van der Waals surface area contributed by atoms with Gasteiger partial charge >= 0.3 is 5.97 Å². The second-order valence-electron chi connectivity index (χ2n) is 7.54. The number of aromatic nitrogens is 1. The molecule has 2 aromatic carbocycles. The van der Waals surface area contributed by atoms with Crippen molar-refractivity contribution in [1.82, 2.24) is 4.57 Å². The highest BCUT2D eigenvalue weighted by molar-refractivity contribution is 6.30. The summed E-state index contributed by atoms with van der Waals surface area (Å²) in [7, 11) is 1.42. The molecule has 0 radical (unpaired) electrons. The minimum absolute atomic E-state index is 0.0398. The molecule has 0 aliphatic rings. The molecule has 164 valence electrons. The number of carbonyl (C=O) groups is 1. The Kier molecular flexibility index (Phi) is 6.25. The molecule has 3 aromatic rings. The van der Waals surface area contributed by atoms with E-state index in [2.05, 4.69) is 0 Å². The predicted octanol–water partition coefficient (Wildman–Crippen LogP) is 4.28. The minimum atomic E-state index is -1.56. The van der Waals surface area contributed by atoms with Crippen LogP contribution in [-0.2, 0) is 6.42 Å². The van der Waals surface area contributed by atoms with E-state index in [0.29, 0.717) is 16.8 Å². The van der Waals surface area contributed by atoms with E-state index >= 15 is 0 Å². The number of carboxylic acids is 1. The van der Waals surface area contributed by atoms with Crippen LogP contribution in [0.5, 0.6) is 5.75 Å². The molecule has 2 N–H and O–H groups in total. The molecule has 0 saturated carbocycles. The molecule has 0 saturated heterocycles. The fourth-order valence-electron chi connectivity index (χ4n) is 3.60. The fraction of sp³-hybridized carbons (Fsp3) is 0.304. The third kappa shape index (κ3) is 4.29. The molecule has 1 unspecified atom stereocenters. The van der Waals surface area contributed by atoms with Crippen LogP contribution in [0.15, 0.2) is 41.3 Å². The van der Waals surface area contributed by atoms with Crippen molar-refractivity contribution in [3.05, 3.63) is 74.3 Å². The number of methoxy groups -OCH3 is 1. The Morgan fingerprint density at radius 3 is 2.61 bits per heavy atom. The first kappa shape index (κ1) is 21.3. The first-order valence-electron chi connectivity index (χ1n) is 10.2. The largest absolute Gasteiger partial charge is 0.496 e. The molecule has 8 heteroatoms. The predicted molar refractivity (Wildman–Crippen MR) is 117 cm³/mol. The lowest BCUT2D eigenvalue weighted by Crippen LogP contribution is -2.25. The Bertz CT molecular complexity index is 1230. The van der Waals surface area contributed by atoms with Gasteiger partial charge in [0.15, 0.2) is 0 Å². The Morgan fingerprint density at radius 2 is 2.03 bits per heavy atom. The van der Waals surface area contributed by atoms with Crippen molar-refractivity contribution in [3.63, 3.8) is 0 Å². The quantitative estimate of drug-likeness (QED) is 0.563. The van der Waals surface area contributed by atoms with Crippen LogP contribution in [0.25, 0.3) is 10.9 Å². The molecule has 0 fully saturated rings. The average Bonchev–Trinajstić information content (AvgIpc) is 2.72. The summed E-state index contributed by atoms with van der Waals surface area (Å²) in [5.41, 5.74) is -0.168. The molecule has 6 nitrogen and oxygen atoms in total. The average molecular weight is 449 g/mol. The Hall–Kier alpha value is -2.90. The van der Waals surface area contributed by atoms with Crippen LogP contribution in [0, 0.1) is 11.7 Å². The lowest BCUT2D eigenvalue weighted by Gasteiger charge is -2.25. The van der Waals surface area contributed by atoms with Crippen LogP contribution in [0.4, 0.5) is 4.39 Å². The van der Waals surface area contributed by atoms with Crippen LogP contribution >= 0.6 is 11.6 Å². The van der Waals surface area contributed by atoms with E-state index in [0.717, 1.165) is 6.20 Å². The molecule has 2 atom stereocenters. The summed E-state index contributed by atoms with van der Waals surface area (Å²) in [6.45, 7) is 1.99. The summed E-state index contributed by atoms with van der Waals surface area (Å²) in [6, 6.07) is 6.77. The molecule has 0 aliphatic carbocycles. The van der Waals surface area contributed by atoms with Gasteiger partial charge in [0.25, 0.3) is 0 Å². The number of nitrogens with zero attached hydrogens (tertiary/aromatic N) is 1. The molecule has 31 heavy (non-hydrogen) atoms. The van der Waals surface area contributed by atoms with E-state index in [-0.39, 0.29) is 28.3 Å². The number of fused-ring (bicyclic) bond motifs is 1.